The Labute approximate surface area is 176 Å². The van der Waals surface area contributed by atoms with E-state index in [0.717, 1.165) is 49.5 Å². The maximum absolute atomic E-state index is 12.2. The van der Waals surface area contributed by atoms with Crippen LogP contribution in [0.25, 0.3) is 0 Å². The molecule has 0 unspecified atom stereocenters. The van der Waals surface area contributed by atoms with Crippen LogP contribution in [0.15, 0.2) is 24.3 Å². The molecule has 1 saturated heterocycles. The molecule has 1 amide bonds. The Morgan fingerprint density at radius 2 is 2.10 bits per heavy atom. The summed E-state index contributed by atoms with van der Waals surface area (Å²) in [7, 11) is 3.48. The maximum Gasteiger partial charge on any atom is 0.251 e. The molecule has 1 aliphatic rings. The SMILES string of the molecule is COCCNC(=O)c1cccc(OC2CCN(Cc3c(C)nn(C)c3Cl)CC2)c1. The quantitative estimate of drug-likeness (QED) is 0.665. The maximum atomic E-state index is 12.2. The Balaban J connectivity index is 1.50. The van der Waals surface area contributed by atoms with E-state index in [1.165, 1.54) is 0 Å². The highest BCUT2D eigenvalue weighted by Gasteiger charge is 2.23. The number of nitrogens with one attached hydrogen (secondary N) is 1. The Morgan fingerprint density at radius 3 is 2.76 bits per heavy atom. The van der Waals surface area contributed by atoms with E-state index in [-0.39, 0.29) is 12.0 Å². The van der Waals surface area contributed by atoms with E-state index in [4.69, 9.17) is 21.1 Å². The minimum atomic E-state index is -0.119. The fourth-order valence-corrected chi connectivity index (χ4v) is 3.77. The van der Waals surface area contributed by atoms with Gasteiger partial charge in [-0.2, -0.15) is 5.10 Å². The molecular weight excluding hydrogens is 392 g/mol. The molecule has 1 aliphatic heterocycles. The van der Waals surface area contributed by atoms with Crippen LogP contribution in [0.1, 0.15) is 34.5 Å². The van der Waals surface area contributed by atoms with Gasteiger partial charge in [0.1, 0.15) is 17.0 Å². The molecule has 0 radical (unpaired) electrons. The van der Waals surface area contributed by atoms with Gasteiger partial charge in [0.15, 0.2) is 0 Å². The fourth-order valence-electron chi connectivity index (χ4n) is 3.53. The normalized spacial score (nSPS) is 15.4. The highest BCUT2D eigenvalue weighted by molar-refractivity contribution is 6.30. The zero-order valence-corrected chi connectivity index (χ0v) is 18.0. The number of methoxy groups -OCH3 is 1. The summed E-state index contributed by atoms with van der Waals surface area (Å²) < 4.78 is 12.8. The zero-order chi connectivity index (χ0) is 20.8. The second-order valence-corrected chi connectivity index (χ2v) is 7.71. The molecule has 3 rings (SSSR count). The van der Waals surface area contributed by atoms with Gasteiger partial charge in [0.05, 0.1) is 12.3 Å². The van der Waals surface area contributed by atoms with Crippen molar-refractivity contribution in [3.63, 3.8) is 0 Å². The molecular formula is C21H29ClN4O3. The molecule has 0 bridgehead atoms. The van der Waals surface area contributed by atoms with Crippen LogP contribution in [0.2, 0.25) is 5.15 Å². The lowest BCUT2D eigenvalue weighted by Gasteiger charge is -2.32. The van der Waals surface area contributed by atoms with Crippen LogP contribution in [-0.4, -0.2) is 60.0 Å². The first kappa shape index (κ1) is 21.6. The van der Waals surface area contributed by atoms with Gasteiger partial charge < -0.3 is 14.8 Å². The minimum Gasteiger partial charge on any atom is -0.490 e. The van der Waals surface area contributed by atoms with Crippen LogP contribution in [0.5, 0.6) is 5.75 Å². The van der Waals surface area contributed by atoms with Crippen molar-refractivity contribution in [2.24, 2.45) is 7.05 Å². The second kappa shape index (κ2) is 10.1. The van der Waals surface area contributed by atoms with Crippen molar-refractivity contribution in [3.8, 4) is 5.75 Å². The van der Waals surface area contributed by atoms with Crippen LogP contribution >= 0.6 is 11.6 Å². The second-order valence-electron chi connectivity index (χ2n) is 7.35. The molecule has 29 heavy (non-hydrogen) atoms. The average molecular weight is 421 g/mol. The lowest BCUT2D eigenvalue weighted by atomic mass is 10.1. The third kappa shape index (κ3) is 5.72. The number of benzene rings is 1. The Bertz CT molecular complexity index is 831. The number of ether oxygens (including phenoxy) is 2. The van der Waals surface area contributed by atoms with Crippen LogP contribution in [-0.2, 0) is 18.3 Å². The van der Waals surface area contributed by atoms with E-state index >= 15 is 0 Å². The van der Waals surface area contributed by atoms with Crippen molar-refractivity contribution >= 4 is 17.5 Å². The number of hydrogen-bond donors (Lipinski definition) is 1. The van der Waals surface area contributed by atoms with E-state index in [1.54, 1.807) is 23.9 Å². The number of aromatic nitrogens is 2. The van der Waals surface area contributed by atoms with Gasteiger partial charge in [0, 0.05) is 51.5 Å². The molecule has 7 nitrogen and oxygen atoms in total. The molecule has 0 spiro atoms. The number of likely N-dealkylation sites (tertiary alicyclic amines) is 1. The van der Waals surface area contributed by atoms with E-state index in [2.05, 4.69) is 15.3 Å². The van der Waals surface area contributed by atoms with Crippen LogP contribution in [0.3, 0.4) is 0 Å². The molecule has 1 aromatic heterocycles. The summed E-state index contributed by atoms with van der Waals surface area (Å²) in [6.07, 6.45) is 2.01. The molecule has 0 saturated carbocycles. The average Bonchev–Trinajstić information content (AvgIpc) is 2.96. The molecule has 0 aliphatic carbocycles. The molecule has 0 atom stereocenters. The standard InChI is InChI=1S/C21H29ClN4O3/c1-15-19(20(22)25(2)24-15)14-26-10-7-17(8-11-26)29-18-6-4-5-16(13-18)21(27)23-9-12-28-3/h4-6,13,17H,7-12,14H2,1-3H3,(H,23,27). The highest BCUT2D eigenvalue weighted by atomic mass is 35.5. The fraction of sp³-hybridized carbons (Fsp3) is 0.524. The van der Waals surface area contributed by atoms with Gasteiger partial charge in [0.2, 0.25) is 0 Å². The van der Waals surface area contributed by atoms with Crippen molar-refractivity contribution in [3.05, 3.63) is 46.2 Å². The molecule has 1 fully saturated rings. The smallest absolute Gasteiger partial charge is 0.251 e. The molecule has 2 heterocycles. The van der Waals surface area contributed by atoms with Gasteiger partial charge in [0.25, 0.3) is 5.91 Å². The van der Waals surface area contributed by atoms with Crippen LogP contribution < -0.4 is 10.1 Å². The van der Waals surface area contributed by atoms with Gasteiger partial charge in [-0.05, 0) is 38.0 Å². The van der Waals surface area contributed by atoms with E-state index in [0.29, 0.717) is 23.9 Å². The van der Waals surface area contributed by atoms with Crippen molar-refractivity contribution in [2.75, 3.05) is 33.4 Å². The Kier molecular flexibility index (Phi) is 7.52. The Hall–Kier alpha value is -2.09. The number of rotatable bonds is 8. The first-order valence-electron chi connectivity index (χ1n) is 9.92. The summed E-state index contributed by atoms with van der Waals surface area (Å²) in [6.45, 7) is 5.65. The summed E-state index contributed by atoms with van der Waals surface area (Å²) >= 11 is 6.36. The van der Waals surface area contributed by atoms with Crippen molar-refractivity contribution in [2.45, 2.75) is 32.4 Å². The predicted octanol–water partition coefficient (Wildman–Crippen LogP) is 2.80. The topological polar surface area (TPSA) is 68.6 Å². The summed E-state index contributed by atoms with van der Waals surface area (Å²) in [6, 6.07) is 7.34. The minimum absolute atomic E-state index is 0.119. The monoisotopic (exact) mass is 420 g/mol. The van der Waals surface area contributed by atoms with Crippen molar-refractivity contribution in [1.82, 2.24) is 20.0 Å². The molecule has 1 N–H and O–H groups in total. The number of amides is 1. The first-order chi connectivity index (χ1) is 14.0. The van der Waals surface area contributed by atoms with Gasteiger partial charge in [-0.25, -0.2) is 0 Å². The molecule has 158 valence electrons. The predicted molar refractivity (Wildman–Crippen MR) is 113 cm³/mol. The summed E-state index contributed by atoms with van der Waals surface area (Å²) in [5, 5.41) is 7.92. The number of halogens is 1. The lowest BCUT2D eigenvalue weighted by Crippen LogP contribution is -2.38. The van der Waals surface area contributed by atoms with Crippen LogP contribution in [0.4, 0.5) is 0 Å². The summed E-state index contributed by atoms with van der Waals surface area (Å²) in [4.78, 5) is 14.6. The number of carbonyl (C=O) groups excluding carboxylic acids is 1. The third-order valence-electron chi connectivity index (χ3n) is 5.18. The molecule has 1 aromatic carbocycles. The van der Waals surface area contributed by atoms with E-state index < -0.39 is 0 Å². The number of aryl methyl sites for hydroxylation is 2. The Morgan fingerprint density at radius 1 is 1.34 bits per heavy atom. The van der Waals surface area contributed by atoms with Crippen molar-refractivity contribution < 1.29 is 14.3 Å². The third-order valence-corrected chi connectivity index (χ3v) is 5.65. The molecule has 8 heteroatoms. The molecule has 2 aromatic rings. The largest absolute Gasteiger partial charge is 0.490 e. The number of piperidine rings is 1. The number of nitrogens with zero attached hydrogens (tertiary/aromatic N) is 3. The zero-order valence-electron chi connectivity index (χ0n) is 17.3. The highest BCUT2D eigenvalue weighted by Crippen LogP contribution is 2.24. The lowest BCUT2D eigenvalue weighted by molar-refractivity contribution is 0.0924. The van der Waals surface area contributed by atoms with E-state index in [9.17, 15) is 4.79 Å². The van der Waals surface area contributed by atoms with Gasteiger partial charge in [-0.3, -0.25) is 14.4 Å². The summed E-state index contributed by atoms with van der Waals surface area (Å²) in [5.74, 6) is 0.611. The van der Waals surface area contributed by atoms with Crippen molar-refractivity contribution in [1.29, 1.82) is 0 Å². The van der Waals surface area contributed by atoms with E-state index in [1.807, 2.05) is 26.1 Å². The number of carbonyl (C=O) groups is 1. The van der Waals surface area contributed by atoms with Gasteiger partial charge in [-0.1, -0.05) is 17.7 Å². The summed E-state index contributed by atoms with van der Waals surface area (Å²) in [5.41, 5.74) is 2.68. The van der Waals surface area contributed by atoms with Crippen LogP contribution in [0, 0.1) is 6.92 Å². The van der Waals surface area contributed by atoms with Gasteiger partial charge in [-0.15, -0.1) is 0 Å². The van der Waals surface area contributed by atoms with Gasteiger partial charge >= 0.3 is 0 Å². The first-order valence-corrected chi connectivity index (χ1v) is 10.3. The number of hydrogen-bond acceptors (Lipinski definition) is 5.